The van der Waals surface area contributed by atoms with Crippen molar-refractivity contribution >= 4 is 33.3 Å². The van der Waals surface area contributed by atoms with E-state index >= 15 is 0 Å². The molecule has 82 valence electrons. The van der Waals surface area contributed by atoms with E-state index in [9.17, 15) is 4.79 Å². The zero-order chi connectivity index (χ0) is 11.1. The fourth-order valence-corrected chi connectivity index (χ4v) is 1.97. The third-order valence-electron chi connectivity index (χ3n) is 2.18. The van der Waals surface area contributed by atoms with Gasteiger partial charge < -0.3 is 0 Å². The van der Waals surface area contributed by atoms with Crippen molar-refractivity contribution < 1.29 is 4.79 Å². The van der Waals surface area contributed by atoms with Crippen LogP contribution < -0.4 is 0 Å². The van der Waals surface area contributed by atoms with Crippen LogP contribution in [0, 0.1) is 0 Å². The van der Waals surface area contributed by atoms with Gasteiger partial charge in [-0.05, 0) is 24.5 Å². The quantitative estimate of drug-likeness (QED) is 0.572. The van der Waals surface area contributed by atoms with Gasteiger partial charge in [-0.1, -0.05) is 34.1 Å². The number of hydrogen-bond donors (Lipinski definition) is 0. The Bertz CT molecular complexity index is 325. The molecule has 15 heavy (non-hydrogen) atoms. The molecule has 0 N–H and O–H groups in total. The van der Waals surface area contributed by atoms with Gasteiger partial charge in [0.15, 0.2) is 0 Å². The monoisotopic (exact) mass is 288 g/mol. The predicted octanol–water partition coefficient (Wildman–Crippen LogP) is 3.97. The van der Waals surface area contributed by atoms with Crippen molar-refractivity contribution in [3.63, 3.8) is 0 Å². The van der Waals surface area contributed by atoms with Crippen LogP contribution in [0.1, 0.15) is 24.8 Å². The van der Waals surface area contributed by atoms with Crippen molar-refractivity contribution in [2.75, 3.05) is 5.88 Å². The first-order valence-corrected chi connectivity index (χ1v) is 6.38. The van der Waals surface area contributed by atoms with Gasteiger partial charge in [-0.2, -0.15) is 0 Å². The topological polar surface area (TPSA) is 17.1 Å². The summed E-state index contributed by atoms with van der Waals surface area (Å²) in [4.78, 5) is 11.6. The number of ketones is 1. The Morgan fingerprint density at radius 1 is 1.27 bits per heavy atom. The van der Waals surface area contributed by atoms with Crippen molar-refractivity contribution in [3.8, 4) is 0 Å². The lowest BCUT2D eigenvalue weighted by Gasteiger charge is -2.03. The normalized spacial score (nSPS) is 10.3. The smallest absolute Gasteiger partial charge is 0.137 e. The average Bonchev–Trinajstić information content (AvgIpc) is 2.22. The van der Waals surface area contributed by atoms with Crippen LogP contribution in [0.2, 0.25) is 0 Å². The number of alkyl halides is 1. The molecule has 0 bridgehead atoms. The maximum atomic E-state index is 11.6. The van der Waals surface area contributed by atoms with Crippen LogP contribution in [0.4, 0.5) is 0 Å². The number of rotatable bonds is 6. The summed E-state index contributed by atoms with van der Waals surface area (Å²) in [5.41, 5.74) is 1.06. The van der Waals surface area contributed by atoms with Gasteiger partial charge in [-0.3, -0.25) is 4.79 Å². The molecule has 0 amide bonds. The molecule has 0 saturated carbocycles. The molecule has 0 aliphatic rings. The summed E-state index contributed by atoms with van der Waals surface area (Å²) < 4.78 is 1.01. The second-order valence-electron chi connectivity index (χ2n) is 3.45. The van der Waals surface area contributed by atoms with Gasteiger partial charge in [0.1, 0.15) is 5.78 Å². The van der Waals surface area contributed by atoms with E-state index in [-0.39, 0.29) is 5.78 Å². The van der Waals surface area contributed by atoms with E-state index in [1.54, 1.807) is 0 Å². The van der Waals surface area contributed by atoms with Crippen molar-refractivity contribution in [1.82, 2.24) is 0 Å². The molecule has 0 unspecified atom stereocenters. The van der Waals surface area contributed by atoms with Crippen LogP contribution in [-0.2, 0) is 11.2 Å². The van der Waals surface area contributed by atoms with Gasteiger partial charge in [0.25, 0.3) is 0 Å². The van der Waals surface area contributed by atoms with Crippen LogP contribution in [0.3, 0.4) is 0 Å². The maximum absolute atomic E-state index is 11.6. The Morgan fingerprint density at radius 3 is 2.67 bits per heavy atom. The minimum absolute atomic E-state index is 0.284. The summed E-state index contributed by atoms with van der Waals surface area (Å²) in [6.45, 7) is 0. The van der Waals surface area contributed by atoms with Crippen LogP contribution in [-0.4, -0.2) is 11.7 Å². The van der Waals surface area contributed by atoms with E-state index < -0.39 is 0 Å². The maximum Gasteiger partial charge on any atom is 0.137 e. The van der Waals surface area contributed by atoms with Gasteiger partial charge in [0, 0.05) is 23.2 Å². The lowest BCUT2D eigenvalue weighted by Crippen LogP contribution is -2.03. The summed E-state index contributed by atoms with van der Waals surface area (Å²) in [6.07, 6.45) is 2.97. The van der Waals surface area contributed by atoms with Gasteiger partial charge in [-0.25, -0.2) is 0 Å². The molecule has 0 fully saturated rings. The molecule has 0 heterocycles. The molecule has 0 saturated heterocycles. The van der Waals surface area contributed by atoms with E-state index in [0.717, 1.165) is 22.9 Å². The Labute approximate surface area is 104 Å². The minimum Gasteiger partial charge on any atom is -0.299 e. The van der Waals surface area contributed by atoms with Crippen molar-refractivity contribution in [3.05, 3.63) is 34.3 Å². The molecule has 0 radical (unpaired) electrons. The van der Waals surface area contributed by atoms with Crippen LogP contribution in [0.5, 0.6) is 0 Å². The van der Waals surface area contributed by atoms with E-state index in [4.69, 9.17) is 11.6 Å². The summed E-state index contributed by atoms with van der Waals surface area (Å²) in [5.74, 6) is 0.925. The highest BCUT2D eigenvalue weighted by molar-refractivity contribution is 9.10. The fraction of sp³-hybridized carbons (Fsp3) is 0.417. The molecule has 1 aromatic rings. The average molecular weight is 290 g/mol. The highest BCUT2D eigenvalue weighted by Crippen LogP contribution is 2.17. The molecule has 1 nitrogen and oxygen atoms in total. The third-order valence-corrected chi connectivity index (χ3v) is 3.23. The summed E-state index contributed by atoms with van der Waals surface area (Å²) in [7, 11) is 0. The van der Waals surface area contributed by atoms with Gasteiger partial charge in [0.05, 0.1) is 0 Å². The van der Waals surface area contributed by atoms with Crippen LogP contribution in [0.15, 0.2) is 28.7 Å². The van der Waals surface area contributed by atoms with Crippen LogP contribution in [0.25, 0.3) is 0 Å². The Hall–Kier alpha value is -0.340. The lowest BCUT2D eigenvalue weighted by atomic mass is 10.1. The van der Waals surface area contributed by atoms with E-state index in [1.165, 1.54) is 0 Å². The lowest BCUT2D eigenvalue weighted by molar-refractivity contribution is -0.118. The SMILES string of the molecule is O=C(CCCCCl)Cc1ccccc1Br. The fourth-order valence-electron chi connectivity index (χ4n) is 1.36. The first kappa shape index (κ1) is 12.7. The third kappa shape index (κ3) is 4.80. The molecule has 1 rings (SSSR count). The second-order valence-corrected chi connectivity index (χ2v) is 4.69. The van der Waals surface area contributed by atoms with E-state index in [2.05, 4.69) is 15.9 Å². The molecule has 3 heteroatoms. The molecular formula is C12H14BrClO. The first-order chi connectivity index (χ1) is 7.24. The predicted molar refractivity (Wildman–Crippen MR) is 67.4 cm³/mol. The number of halogens is 2. The number of carbonyl (C=O) groups is 1. The van der Waals surface area contributed by atoms with Gasteiger partial charge in [-0.15, -0.1) is 11.6 Å². The molecule has 0 atom stereocenters. The summed E-state index contributed by atoms with van der Waals surface area (Å²) in [6, 6.07) is 7.84. The van der Waals surface area contributed by atoms with Crippen molar-refractivity contribution in [1.29, 1.82) is 0 Å². The van der Waals surface area contributed by atoms with Gasteiger partial charge in [0.2, 0.25) is 0 Å². The van der Waals surface area contributed by atoms with Gasteiger partial charge >= 0.3 is 0 Å². The molecule has 0 spiro atoms. The Kier molecular flexibility index (Phi) is 5.96. The number of unbranched alkanes of at least 4 members (excludes halogenated alkanes) is 1. The molecule has 1 aromatic carbocycles. The molecule has 0 aromatic heterocycles. The van der Waals surface area contributed by atoms with E-state index in [1.807, 2.05) is 24.3 Å². The van der Waals surface area contributed by atoms with Crippen molar-refractivity contribution in [2.45, 2.75) is 25.7 Å². The summed E-state index contributed by atoms with van der Waals surface area (Å²) in [5, 5.41) is 0. The zero-order valence-corrected chi connectivity index (χ0v) is 10.9. The highest BCUT2D eigenvalue weighted by atomic mass is 79.9. The Morgan fingerprint density at radius 2 is 2.00 bits per heavy atom. The minimum atomic E-state index is 0.284. The molecular weight excluding hydrogens is 275 g/mol. The molecule has 0 aliphatic heterocycles. The standard InChI is InChI=1S/C12H14BrClO/c13-12-7-2-1-5-10(12)9-11(15)6-3-4-8-14/h1-2,5,7H,3-4,6,8-9H2. The molecule has 0 aliphatic carbocycles. The summed E-state index contributed by atoms with van der Waals surface area (Å²) >= 11 is 8.98. The number of hydrogen-bond acceptors (Lipinski definition) is 1. The largest absolute Gasteiger partial charge is 0.299 e. The van der Waals surface area contributed by atoms with Crippen LogP contribution >= 0.6 is 27.5 Å². The number of benzene rings is 1. The number of Topliss-reactive ketones (excluding diaryl/α,β-unsaturated/α-hetero) is 1. The van der Waals surface area contributed by atoms with E-state index in [0.29, 0.717) is 18.7 Å². The first-order valence-electron chi connectivity index (χ1n) is 5.05. The number of carbonyl (C=O) groups excluding carboxylic acids is 1. The second kappa shape index (κ2) is 7.02. The highest BCUT2D eigenvalue weighted by Gasteiger charge is 2.05. The Balaban J connectivity index is 2.41. The van der Waals surface area contributed by atoms with Crippen molar-refractivity contribution in [2.24, 2.45) is 0 Å². The zero-order valence-electron chi connectivity index (χ0n) is 8.51.